The van der Waals surface area contributed by atoms with E-state index in [1.165, 1.54) is 92.8 Å². The molecule has 0 unspecified atom stereocenters. The molecule has 2 aromatic heterocycles. The van der Waals surface area contributed by atoms with Crippen molar-refractivity contribution in [3.8, 4) is 11.4 Å². The highest BCUT2D eigenvalue weighted by molar-refractivity contribution is 9.10. The molecule has 2 heterocycles. The average molecular weight is 772 g/mol. The molecule has 0 saturated heterocycles. The van der Waals surface area contributed by atoms with E-state index in [1.54, 1.807) is 0 Å². The van der Waals surface area contributed by atoms with Crippen molar-refractivity contribution in [2.75, 3.05) is 0 Å². The summed E-state index contributed by atoms with van der Waals surface area (Å²) in [7, 11) is -1.82. The van der Waals surface area contributed by atoms with Gasteiger partial charge >= 0.3 is 0 Å². The van der Waals surface area contributed by atoms with E-state index < -0.39 is 8.07 Å². The summed E-state index contributed by atoms with van der Waals surface area (Å²) in [5, 5.41) is 11.7. The van der Waals surface area contributed by atoms with Crippen LogP contribution in [0.15, 0.2) is 126 Å². The highest BCUT2D eigenvalue weighted by atomic mass is 79.9. The van der Waals surface area contributed by atoms with Gasteiger partial charge in [0, 0.05) is 21.5 Å². The Morgan fingerprint density at radius 3 is 1.49 bits per heavy atom. The smallest absolute Gasteiger partial charge is 0.0777 e. The molecule has 0 N–H and O–H groups in total. The van der Waals surface area contributed by atoms with Crippen LogP contribution in [0.2, 0.25) is 19.6 Å². The fraction of sp³-hybridized carbons (Fsp3) is 0.224. The fourth-order valence-corrected chi connectivity index (χ4v) is 10.0. The van der Waals surface area contributed by atoms with Crippen LogP contribution in [0.4, 0.5) is 0 Å². The molecule has 0 amide bonds. The maximum absolute atomic E-state index is 4.33. The van der Waals surface area contributed by atoms with Crippen LogP contribution in [0.1, 0.15) is 52.7 Å². The largest absolute Gasteiger partial charge is 0.308 e. The molecule has 0 saturated carbocycles. The number of rotatable bonds is 3. The summed E-state index contributed by atoms with van der Waals surface area (Å²) < 4.78 is 6.15. The second kappa shape index (κ2) is 11.7. The minimum atomic E-state index is -1.82. The summed E-state index contributed by atoms with van der Waals surface area (Å²) in [5.41, 5.74) is 10.1. The molecule has 0 aliphatic carbocycles. The van der Waals surface area contributed by atoms with Gasteiger partial charge in [0.15, 0.2) is 0 Å². The minimum absolute atomic E-state index is 0.0423. The first-order valence-corrected chi connectivity index (χ1v) is 23.2. The van der Waals surface area contributed by atoms with Gasteiger partial charge in [-0.2, -0.15) is 0 Å². The molecule has 0 radical (unpaired) electrons. The third kappa shape index (κ3) is 5.40. The molecule has 0 atom stereocenters. The van der Waals surface area contributed by atoms with Gasteiger partial charge in [-0.25, -0.2) is 0 Å². The Kier molecular flexibility index (Phi) is 7.52. The van der Waals surface area contributed by atoms with Gasteiger partial charge < -0.3 is 9.13 Å². The van der Waals surface area contributed by atoms with Gasteiger partial charge in [-0.05, 0) is 114 Å². The second-order valence-electron chi connectivity index (χ2n) is 18.1. The van der Waals surface area contributed by atoms with Crippen LogP contribution in [0.5, 0.6) is 0 Å². The number of benzene rings is 7. The lowest BCUT2D eigenvalue weighted by molar-refractivity contribution is 0.590. The summed E-state index contributed by atoms with van der Waals surface area (Å²) in [6.45, 7) is 21.3. The van der Waals surface area contributed by atoms with E-state index in [0.717, 1.165) is 4.47 Å². The summed E-state index contributed by atoms with van der Waals surface area (Å²) in [5.74, 6) is 0. The topological polar surface area (TPSA) is 9.86 Å². The predicted molar refractivity (Wildman–Crippen MR) is 238 cm³/mol. The molecule has 2 nitrogen and oxygen atoms in total. The standard InChI is InChI=1S/C49H47BrN2Si/c1-48(2,3)33-19-22-40-37(26-33)38-27-34(49(4,5)6)20-23-41(38)51(40)44-28-35(53(7,8)9)29-45(47(44)50)52-42-21-18-30-14-12-13-17-36(30)46(42)39-24-31-15-10-11-16-32(31)25-43(39)52/h10-29H,1-9H3. The van der Waals surface area contributed by atoms with Crippen molar-refractivity contribution in [3.63, 3.8) is 0 Å². The van der Waals surface area contributed by atoms with Crippen molar-refractivity contribution in [1.29, 1.82) is 0 Å². The van der Waals surface area contributed by atoms with Gasteiger partial charge in [0.2, 0.25) is 0 Å². The van der Waals surface area contributed by atoms with Crippen molar-refractivity contribution >= 4 is 94.3 Å². The number of halogens is 1. The van der Waals surface area contributed by atoms with Gasteiger partial charge in [-0.3, -0.25) is 0 Å². The van der Waals surface area contributed by atoms with Gasteiger partial charge in [0.05, 0.1) is 46.0 Å². The van der Waals surface area contributed by atoms with Crippen LogP contribution in [0.25, 0.3) is 76.5 Å². The molecule has 0 bridgehead atoms. The Morgan fingerprint density at radius 1 is 0.453 bits per heavy atom. The molecule has 9 rings (SSSR count). The zero-order valence-electron chi connectivity index (χ0n) is 32.3. The normalized spacial score (nSPS) is 13.1. The molecular formula is C49H47BrN2Si. The third-order valence-electron chi connectivity index (χ3n) is 11.4. The van der Waals surface area contributed by atoms with Gasteiger partial charge in [0.25, 0.3) is 0 Å². The Labute approximate surface area is 322 Å². The highest BCUT2D eigenvalue weighted by Crippen LogP contribution is 2.44. The number of nitrogens with zero attached hydrogens (tertiary/aromatic N) is 2. The van der Waals surface area contributed by atoms with Gasteiger partial charge in [-0.15, -0.1) is 0 Å². The first-order valence-electron chi connectivity index (χ1n) is 18.9. The molecule has 0 aliphatic rings. The molecule has 264 valence electrons. The lowest BCUT2D eigenvalue weighted by atomic mass is 9.85. The van der Waals surface area contributed by atoms with Crippen LogP contribution in [-0.4, -0.2) is 17.2 Å². The summed E-state index contributed by atoms with van der Waals surface area (Å²) in [6.07, 6.45) is 0. The zero-order chi connectivity index (χ0) is 37.2. The Hall–Kier alpha value is -4.64. The van der Waals surface area contributed by atoms with Gasteiger partial charge in [-0.1, -0.05) is 133 Å². The van der Waals surface area contributed by atoms with Crippen LogP contribution < -0.4 is 5.19 Å². The Balaban J connectivity index is 1.44. The second-order valence-corrected chi connectivity index (χ2v) is 24.0. The Bertz CT molecular complexity index is 2890. The zero-order valence-corrected chi connectivity index (χ0v) is 34.9. The van der Waals surface area contributed by atoms with E-state index in [-0.39, 0.29) is 10.8 Å². The minimum Gasteiger partial charge on any atom is -0.308 e. The van der Waals surface area contributed by atoms with Gasteiger partial charge in [0.1, 0.15) is 0 Å². The van der Waals surface area contributed by atoms with E-state index in [1.807, 2.05) is 0 Å². The lowest BCUT2D eigenvalue weighted by Gasteiger charge is -2.24. The van der Waals surface area contributed by atoms with Crippen LogP contribution in [0, 0.1) is 0 Å². The maximum Gasteiger partial charge on any atom is 0.0777 e. The first kappa shape index (κ1) is 34.1. The molecule has 0 spiro atoms. The van der Waals surface area contributed by atoms with Crippen molar-refractivity contribution in [1.82, 2.24) is 9.13 Å². The molecule has 53 heavy (non-hydrogen) atoms. The number of fused-ring (bicyclic) bond motifs is 9. The molecule has 7 aromatic carbocycles. The molecule has 0 aliphatic heterocycles. The monoisotopic (exact) mass is 770 g/mol. The summed E-state index contributed by atoms with van der Waals surface area (Å²) in [6, 6.07) is 46.3. The van der Waals surface area contributed by atoms with Crippen molar-refractivity contribution in [2.24, 2.45) is 0 Å². The third-order valence-corrected chi connectivity index (χ3v) is 14.2. The summed E-state index contributed by atoms with van der Waals surface area (Å²) >= 11 is 4.33. The number of aromatic nitrogens is 2. The predicted octanol–water partition coefficient (Wildman–Crippen LogP) is 14.1. The molecular weight excluding hydrogens is 725 g/mol. The van der Waals surface area contributed by atoms with E-state index in [2.05, 4.69) is 208 Å². The molecule has 4 heteroatoms. The van der Waals surface area contributed by atoms with Crippen LogP contribution in [-0.2, 0) is 10.8 Å². The first-order chi connectivity index (χ1) is 25.1. The van der Waals surface area contributed by atoms with E-state index in [4.69, 9.17) is 0 Å². The van der Waals surface area contributed by atoms with Crippen molar-refractivity contribution in [2.45, 2.75) is 72.0 Å². The SMILES string of the molecule is CC(C)(C)c1ccc2c(c1)c1cc(C(C)(C)C)ccc1n2-c1cc([Si](C)(C)C)cc(-n2c3cc4ccccc4cc3c3c4ccccc4ccc32)c1Br. The van der Waals surface area contributed by atoms with Crippen molar-refractivity contribution in [3.05, 3.63) is 137 Å². The van der Waals surface area contributed by atoms with E-state index in [9.17, 15) is 0 Å². The Morgan fingerprint density at radius 2 is 0.943 bits per heavy atom. The van der Waals surface area contributed by atoms with E-state index >= 15 is 0 Å². The average Bonchev–Trinajstić information content (AvgIpc) is 3.61. The fourth-order valence-electron chi connectivity index (χ4n) is 8.30. The summed E-state index contributed by atoms with van der Waals surface area (Å²) in [4.78, 5) is 0. The quantitative estimate of drug-likeness (QED) is 0.158. The van der Waals surface area contributed by atoms with Crippen LogP contribution >= 0.6 is 15.9 Å². The molecule has 9 aromatic rings. The number of hydrogen-bond donors (Lipinski definition) is 0. The number of hydrogen-bond acceptors (Lipinski definition) is 0. The van der Waals surface area contributed by atoms with Crippen molar-refractivity contribution < 1.29 is 0 Å². The highest BCUT2D eigenvalue weighted by Gasteiger charge is 2.27. The molecule has 0 fully saturated rings. The lowest BCUT2D eigenvalue weighted by Crippen LogP contribution is -2.38. The van der Waals surface area contributed by atoms with E-state index in [0.29, 0.717) is 0 Å². The van der Waals surface area contributed by atoms with Crippen LogP contribution in [0.3, 0.4) is 0 Å². The maximum atomic E-state index is 4.33.